The second kappa shape index (κ2) is 10.4. The highest BCUT2D eigenvalue weighted by Gasteiger charge is 2.13. The molecule has 0 radical (unpaired) electrons. The number of hydrogen-bond donors (Lipinski definition) is 1. The molecule has 2 aromatic heterocycles. The van der Waals surface area contributed by atoms with Gasteiger partial charge in [-0.05, 0) is 24.3 Å². The predicted molar refractivity (Wildman–Crippen MR) is 107 cm³/mol. The van der Waals surface area contributed by atoms with Crippen molar-refractivity contribution in [1.82, 2.24) is 20.1 Å². The van der Waals surface area contributed by atoms with Gasteiger partial charge in [-0.15, -0.1) is 16.8 Å². The summed E-state index contributed by atoms with van der Waals surface area (Å²) in [7, 11) is 0. The van der Waals surface area contributed by atoms with Crippen LogP contribution in [0.3, 0.4) is 0 Å². The summed E-state index contributed by atoms with van der Waals surface area (Å²) in [6.45, 7) is 5.08. The van der Waals surface area contributed by atoms with Crippen LogP contribution >= 0.6 is 11.8 Å². The lowest BCUT2D eigenvalue weighted by molar-refractivity contribution is -0.120. The Labute approximate surface area is 167 Å². The fraction of sp³-hybridized carbons (Fsp3) is 0.250. The first-order valence-corrected chi connectivity index (χ1v) is 9.87. The fourth-order valence-corrected chi connectivity index (χ4v) is 3.34. The standard InChI is InChI=1S/C20H22N4O3S/c1-2-11-24-18(15-27-16-7-4-3-5-8-16)22-23-20(24)28-13-10-19(25)21-14-17-9-6-12-26-17/h2-9,12H,1,10-11,13-15H2,(H,21,25). The molecule has 0 aliphatic heterocycles. The van der Waals surface area contributed by atoms with Gasteiger partial charge < -0.3 is 14.5 Å². The number of allylic oxidation sites excluding steroid dienone is 1. The molecule has 2 heterocycles. The van der Waals surface area contributed by atoms with Crippen LogP contribution in [0.4, 0.5) is 0 Å². The molecule has 146 valence electrons. The zero-order valence-electron chi connectivity index (χ0n) is 15.4. The van der Waals surface area contributed by atoms with Crippen molar-refractivity contribution in [2.24, 2.45) is 0 Å². The average Bonchev–Trinajstić information content (AvgIpc) is 3.37. The van der Waals surface area contributed by atoms with Gasteiger partial charge in [0, 0.05) is 18.7 Å². The number of nitrogens with one attached hydrogen (secondary N) is 1. The second-order valence-corrected chi connectivity index (χ2v) is 6.92. The van der Waals surface area contributed by atoms with Crippen molar-refractivity contribution < 1.29 is 13.9 Å². The van der Waals surface area contributed by atoms with Crippen LogP contribution in [0, 0.1) is 0 Å². The molecule has 0 atom stereocenters. The highest BCUT2D eigenvalue weighted by molar-refractivity contribution is 7.99. The van der Waals surface area contributed by atoms with Gasteiger partial charge in [0.25, 0.3) is 0 Å². The summed E-state index contributed by atoms with van der Waals surface area (Å²) in [6, 6.07) is 13.2. The lowest BCUT2D eigenvalue weighted by Crippen LogP contribution is -2.22. The molecule has 7 nitrogen and oxygen atoms in total. The van der Waals surface area contributed by atoms with Crippen LogP contribution in [0.15, 0.2) is 71.0 Å². The van der Waals surface area contributed by atoms with Crippen molar-refractivity contribution in [3.05, 3.63) is 73.0 Å². The molecule has 0 aliphatic carbocycles. The number of para-hydroxylation sites is 1. The third-order valence-electron chi connectivity index (χ3n) is 3.82. The summed E-state index contributed by atoms with van der Waals surface area (Å²) < 4.78 is 12.9. The predicted octanol–water partition coefficient (Wildman–Crippen LogP) is 3.43. The zero-order valence-corrected chi connectivity index (χ0v) is 16.2. The van der Waals surface area contributed by atoms with E-state index in [4.69, 9.17) is 9.15 Å². The summed E-state index contributed by atoms with van der Waals surface area (Å²) in [5, 5.41) is 12.0. The van der Waals surface area contributed by atoms with Crippen molar-refractivity contribution in [2.45, 2.75) is 31.3 Å². The minimum Gasteiger partial charge on any atom is -0.486 e. The Balaban J connectivity index is 1.49. The molecule has 0 aliphatic rings. The first-order chi connectivity index (χ1) is 13.8. The molecular formula is C20H22N4O3S. The first-order valence-electron chi connectivity index (χ1n) is 8.89. The number of hydrogen-bond acceptors (Lipinski definition) is 6. The van der Waals surface area contributed by atoms with Crippen molar-refractivity contribution in [3.63, 3.8) is 0 Å². The maximum absolute atomic E-state index is 12.0. The molecular weight excluding hydrogens is 376 g/mol. The van der Waals surface area contributed by atoms with Crippen LogP contribution in [-0.2, 0) is 24.5 Å². The number of benzene rings is 1. The smallest absolute Gasteiger partial charge is 0.221 e. The maximum atomic E-state index is 12.0. The summed E-state index contributed by atoms with van der Waals surface area (Å²) in [5.74, 6) is 2.78. The number of carbonyl (C=O) groups excluding carboxylic acids is 1. The van der Waals surface area contributed by atoms with Crippen molar-refractivity contribution in [3.8, 4) is 5.75 Å². The van der Waals surface area contributed by atoms with Crippen LogP contribution in [0.1, 0.15) is 18.0 Å². The molecule has 0 unspecified atom stereocenters. The number of ether oxygens (including phenoxy) is 1. The monoisotopic (exact) mass is 398 g/mol. The van der Waals surface area contributed by atoms with E-state index >= 15 is 0 Å². The van der Waals surface area contributed by atoms with Crippen LogP contribution in [-0.4, -0.2) is 26.4 Å². The minimum atomic E-state index is -0.0358. The molecule has 0 bridgehead atoms. The molecule has 28 heavy (non-hydrogen) atoms. The zero-order chi connectivity index (χ0) is 19.6. The van der Waals surface area contributed by atoms with Crippen molar-refractivity contribution >= 4 is 17.7 Å². The molecule has 1 N–H and O–H groups in total. The van der Waals surface area contributed by atoms with E-state index in [0.29, 0.717) is 37.7 Å². The van der Waals surface area contributed by atoms with Crippen LogP contribution in [0.5, 0.6) is 5.75 Å². The van der Waals surface area contributed by atoms with Gasteiger partial charge in [-0.3, -0.25) is 9.36 Å². The number of furan rings is 1. The van der Waals surface area contributed by atoms with Crippen molar-refractivity contribution in [1.29, 1.82) is 0 Å². The van der Waals surface area contributed by atoms with Crippen LogP contribution < -0.4 is 10.1 Å². The van der Waals surface area contributed by atoms with Gasteiger partial charge in [0.1, 0.15) is 18.1 Å². The number of amides is 1. The normalized spacial score (nSPS) is 10.6. The highest BCUT2D eigenvalue weighted by Crippen LogP contribution is 2.19. The Bertz CT molecular complexity index is 878. The maximum Gasteiger partial charge on any atom is 0.221 e. The topological polar surface area (TPSA) is 82.2 Å². The fourth-order valence-electron chi connectivity index (χ4n) is 2.43. The second-order valence-electron chi connectivity index (χ2n) is 5.85. The number of thioether (sulfide) groups is 1. The number of rotatable bonds is 11. The highest BCUT2D eigenvalue weighted by atomic mass is 32.2. The van der Waals surface area contributed by atoms with E-state index in [-0.39, 0.29) is 5.91 Å². The van der Waals surface area contributed by atoms with E-state index in [1.54, 1.807) is 18.4 Å². The Hall–Kier alpha value is -3.00. The average molecular weight is 398 g/mol. The van der Waals surface area contributed by atoms with Gasteiger partial charge >= 0.3 is 0 Å². The largest absolute Gasteiger partial charge is 0.486 e. The lowest BCUT2D eigenvalue weighted by atomic mass is 10.3. The summed E-state index contributed by atoms with van der Waals surface area (Å²) in [5.41, 5.74) is 0. The molecule has 0 saturated carbocycles. The molecule has 1 amide bonds. The Morgan fingerprint density at radius 2 is 2.11 bits per heavy atom. The third kappa shape index (κ3) is 5.75. The molecule has 0 fully saturated rings. The number of aromatic nitrogens is 3. The minimum absolute atomic E-state index is 0.0358. The van der Waals surface area contributed by atoms with E-state index in [2.05, 4.69) is 22.1 Å². The van der Waals surface area contributed by atoms with Crippen LogP contribution in [0.25, 0.3) is 0 Å². The van der Waals surface area contributed by atoms with E-state index < -0.39 is 0 Å². The van der Waals surface area contributed by atoms with Crippen LogP contribution in [0.2, 0.25) is 0 Å². The first kappa shape index (κ1) is 19.8. The quantitative estimate of drug-likeness (QED) is 0.394. The molecule has 8 heteroatoms. The number of nitrogens with zero attached hydrogens (tertiary/aromatic N) is 3. The molecule has 3 aromatic rings. The van der Waals surface area contributed by atoms with E-state index in [1.807, 2.05) is 41.0 Å². The van der Waals surface area contributed by atoms with Gasteiger partial charge in [-0.1, -0.05) is 36.0 Å². The van der Waals surface area contributed by atoms with E-state index in [9.17, 15) is 4.79 Å². The molecule has 0 spiro atoms. The molecule has 1 aromatic carbocycles. The SMILES string of the molecule is C=CCn1c(COc2ccccc2)nnc1SCCC(=O)NCc1ccco1. The van der Waals surface area contributed by atoms with Gasteiger partial charge in [0.05, 0.1) is 12.8 Å². The lowest BCUT2D eigenvalue weighted by Gasteiger charge is -2.09. The van der Waals surface area contributed by atoms with Gasteiger partial charge in [-0.25, -0.2) is 0 Å². The molecule has 0 saturated heterocycles. The third-order valence-corrected chi connectivity index (χ3v) is 4.78. The van der Waals surface area contributed by atoms with Gasteiger partial charge in [-0.2, -0.15) is 0 Å². The number of carbonyl (C=O) groups is 1. The van der Waals surface area contributed by atoms with E-state index in [1.165, 1.54) is 11.8 Å². The van der Waals surface area contributed by atoms with Gasteiger partial charge in [0.15, 0.2) is 11.0 Å². The van der Waals surface area contributed by atoms with E-state index in [0.717, 1.165) is 16.7 Å². The summed E-state index contributed by atoms with van der Waals surface area (Å²) in [4.78, 5) is 12.0. The Morgan fingerprint density at radius 3 is 2.86 bits per heavy atom. The van der Waals surface area contributed by atoms with Crippen molar-refractivity contribution in [2.75, 3.05) is 5.75 Å². The van der Waals surface area contributed by atoms with Gasteiger partial charge in [0.2, 0.25) is 5.91 Å². The summed E-state index contributed by atoms with van der Waals surface area (Å²) >= 11 is 1.48. The Morgan fingerprint density at radius 1 is 1.25 bits per heavy atom. The molecule has 3 rings (SSSR count). The summed E-state index contributed by atoms with van der Waals surface area (Å²) in [6.07, 6.45) is 3.75. The Kier molecular flexibility index (Phi) is 7.31.